The van der Waals surface area contributed by atoms with Gasteiger partial charge in [-0.05, 0) is 0 Å². The molecule has 1 fully saturated rings. The summed E-state index contributed by atoms with van der Waals surface area (Å²) >= 11 is -0.958. The number of nitrogens with one attached hydrogen (secondary N) is 3. The van der Waals surface area contributed by atoms with Gasteiger partial charge in [-0.3, -0.25) is 0 Å². The molecule has 208 valence electrons. The van der Waals surface area contributed by atoms with Crippen molar-refractivity contribution in [3.8, 4) is 5.75 Å². The van der Waals surface area contributed by atoms with Crippen LogP contribution >= 0.6 is 0 Å². The summed E-state index contributed by atoms with van der Waals surface area (Å²) in [6.07, 6.45) is 2.82. The number of hydrogen-bond acceptors (Lipinski definition) is 7. The first-order valence-corrected chi connectivity index (χ1v) is 15.4. The number of carbonyl (C=O) groups excluding carboxylic acids is 1. The van der Waals surface area contributed by atoms with Crippen LogP contribution in [0.15, 0.2) is 47.9 Å². The number of nitrogens with two attached hydrogens (primary N) is 2. The van der Waals surface area contributed by atoms with Crippen molar-refractivity contribution >= 4 is 33.5 Å². The molecule has 0 heterocycles. The van der Waals surface area contributed by atoms with E-state index in [1.54, 1.807) is 6.92 Å². The van der Waals surface area contributed by atoms with Gasteiger partial charge >= 0.3 is 226 Å². The van der Waals surface area contributed by atoms with Crippen LogP contribution in [0.5, 0.6) is 5.75 Å². The zero-order valence-corrected chi connectivity index (χ0v) is 23.8. The maximum atomic E-state index is 13.7. The minimum absolute atomic E-state index is 0.0175. The Hall–Kier alpha value is -2.82. The molecule has 1 atom stereocenters. The number of halogens is 3. The van der Waals surface area contributed by atoms with Crippen LogP contribution in [0.1, 0.15) is 32.3 Å². The van der Waals surface area contributed by atoms with Gasteiger partial charge < -0.3 is 5.11 Å². The van der Waals surface area contributed by atoms with Crippen LogP contribution in [0.4, 0.5) is 20.2 Å². The quantitative estimate of drug-likeness (QED) is 0.0204. The number of alkyl halides is 1. The van der Waals surface area contributed by atoms with Crippen molar-refractivity contribution in [2.75, 3.05) is 24.3 Å². The Labute approximate surface area is 230 Å². The van der Waals surface area contributed by atoms with Crippen LogP contribution in [0.2, 0.25) is 0 Å². The van der Waals surface area contributed by atoms with E-state index in [0.717, 1.165) is 35.9 Å². The summed E-state index contributed by atoms with van der Waals surface area (Å²) < 4.78 is 59.9. The minimum atomic E-state index is -3.74. The number of phenols is 1. The van der Waals surface area contributed by atoms with Crippen LogP contribution in [0.3, 0.4) is 0 Å². The fourth-order valence-electron chi connectivity index (χ4n) is 3.38. The van der Waals surface area contributed by atoms with Crippen molar-refractivity contribution < 1.29 is 61.4 Å². The number of benzene rings is 2. The molecule has 0 radical (unpaired) electrons. The summed E-state index contributed by atoms with van der Waals surface area (Å²) in [4.78, 5) is 13.7. The number of aromatic hydroxyl groups is 1. The summed E-state index contributed by atoms with van der Waals surface area (Å²) in [7, 11) is -3.74. The molecule has 14 heteroatoms. The number of quaternary nitrogens is 2. The van der Waals surface area contributed by atoms with Gasteiger partial charge in [0.1, 0.15) is 0 Å². The fraction of sp³-hybridized carbons (Fsp3) is 0.333. The molecule has 1 aliphatic carbocycles. The van der Waals surface area contributed by atoms with Gasteiger partial charge in [0.15, 0.2) is 0 Å². The summed E-state index contributed by atoms with van der Waals surface area (Å²) in [5, 5.41) is 20.0. The standard InChI is InChI=1S/C24H29F2IN5O5S/c1-3-32(14-30-38(35,36)13-15-4-5-21(33)19(29)8-15)20(12-28)22(37-27-24(2)6-7-24)23(34)31-18-10-16(25)9-17(26)11-18/h4-5,8-12,28,30,33H,3,6-7,13-14,29H2,1-2H3,(H,31,34)/q-1/p+2. The van der Waals surface area contributed by atoms with Crippen molar-refractivity contribution in [1.29, 1.82) is 5.41 Å². The molecule has 10 nitrogen and oxygen atoms in total. The maximum absolute atomic E-state index is 13.7. The Kier molecular flexibility index (Phi) is 9.67. The van der Waals surface area contributed by atoms with Crippen LogP contribution < -0.4 is 42.3 Å². The predicted molar refractivity (Wildman–Crippen MR) is 133 cm³/mol. The van der Waals surface area contributed by atoms with E-state index in [1.807, 2.05) is 6.92 Å². The molecule has 2 aromatic carbocycles. The van der Waals surface area contributed by atoms with E-state index in [1.165, 1.54) is 18.2 Å². The number of amides is 1. The van der Waals surface area contributed by atoms with Crippen molar-refractivity contribution in [1.82, 2.24) is 0 Å². The molecule has 1 aliphatic rings. The van der Waals surface area contributed by atoms with Crippen molar-refractivity contribution in [3.63, 3.8) is 0 Å². The molecule has 2 aromatic rings. The summed E-state index contributed by atoms with van der Waals surface area (Å²) in [6.45, 7) is 4.02. The molecule has 1 unspecified atom stereocenters. The first kappa shape index (κ1) is 29.7. The van der Waals surface area contributed by atoms with E-state index < -0.39 is 49.2 Å². The van der Waals surface area contributed by atoms with Crippen LogP contribution in [-0.4, -0.2) is 42.3 Å². The molecule has 38 heavy (non-hydrogen) atoms. The average molecular weight is 667 g/mol. The Morgan fingerprint density at radius 3 is 2.50 bits per heavy atom. The summed E-state index contributed by atoms with van der Waals surface area (Å²) in [5.74, 6) is -3.20. The number of nitrogen functional groups attached to an aromatic ring is 1. The Balaban J connectivity index is 1.83. The van der Waals surface area contributed by atoms with Crippen molar-refractivity contribution in [2.45, 2.75) is 35.9 Å². The molecular weight excluding hydrogens is 635 g/mol. The van der Waals surface area contributed by atoms with Gasteiger partial charge in [0.05, 0.1) is 0 Å². The molecule has 1 amide bonds. The van der Waals surface area contributed by atoms with Gasteiger partial charge in [0.25, 0.3) is 0 Å². The number of allylic oxidation sites excluding steroid dienone is 1. The number of rotatable bonds is 13. The predicted octanol–water partition coefficient (Wildman–Crippen LogP) is -2.42. The molecule has 0 aromatic heterocycles. The molecule has 0 spiro atoms. The monoisotopic (exact) mass is 666 g/mol. The van der Waals surface area contributed by atoms with E-state index >= 15 is 0 Å². The second kappa shape index (κ2) is 12.4. The number of primary sulfonamides is 1. The van der Waals surface area contributed by atoms with Crippen LogP contribution in [-0.2, 0) is 23.6 Å². The van der Waals surface area contributed by atoms with Gasteiger partial charge in [-0.15, -0.1) is 0 Å². The Morgan fingerprint density at radius 2 is 1.95 bits per heavy atom. The molecule has 8 N–H and O–H groups in total. The number of carbonyl (C=O) groups is 1. The number of sulfonamides is 1. The van der Waals surface area contributed by atoms with Gasteiger partial charge in [-0.25, -0.2) is 0 Å². The van der Waals surface area contributed by atoms with Crippen molar-refractivity contribution in [3.05, 3.63) is 65.1 Å². The van der Waals surface area contributed by atoms with E-state index in [4.69, 9.17) is 14.2 Å². The molecule has 0 bridgehead atoms. The third kappa shape index (κ3) is 8.34. The first-order chi connectivity index (χ1) is 17.8. The number of hydrogen-bond donors (Lipinski definition) is 6. The van der Waals surface area contributed by atoms with Crippen LogP contribution in [0, 0.1) is 17.0 Å². The van der Waals surface area contributed by atoms with Gasteiger partial charge in [-0.2, -0.15) is 0 Å². The van der Waals surface area contributed by atoms with E-state index in [2.05, 4.69) is 5.32 Å². The van der Waals surface area contributed by atoms with Gasteiger partial charge in [0, 0.05) is 0 Å². The fourth-order valence-corrected chi connectivity index (χ4v) is 6.50. The molecule has 1 saturated carbocycles. The second-order valence-corrected chi connectivity index (χ2v) is 14.5. The van der Waals surface area contributed by atoms with E-state index in [0.29, 0.717) is 23.1 Å². The van der Waals surface area contributed by atoms with E-state index in [-0.39, 0.29) is 44.4 Å². The Bertz CT molecular complexity index is 1330. The third-order valence-electron chi connectivity index (χ3n) is 5.81. The molecule has 0 saturated heterocycles. The number of anilines is 2. The summed E-state index contributed by atoms with van der Waals surface area (Å²) in [5.41, 5.74) is 6.11. The van der Waals surface area contributed by atoms with Gasteiger partial charge in [-0.1, -0.05) is 0 Å². The topological polar surface area (TPSA) is 164 Å². The normalized spacial score (nSPS) is 15.9. The third-order valence-corrected chi connectivity index (χ3v) is 10.0. The first-order valence-electron chi connectivity index (χ1n) is 11.7. The van der Waals surface area contributed by atoms with E-state index in [9.17, 15) is 27.1 Å². The Morgan fingerprint density at radius 1 is 1.29 bits per heavy atom. The average Bonchev–Trinajstić information content (AvgIpc) is 3.56. The molecule has 3 rings (SSSR count). The second-order valence-electron chi connectivity index (χ2n) is 9.10. The number of phenolic OH excluding ortho intramolecular Hbond substituents is 1. The molecular formula is C24H31F2IN5O5S+. The summed E-state index contributed by atoms with van der Waals surface area (Å²) in [6, 6.07) is 6.74. The zero-order valence-electron chi connectivity index (χ0n) is 20.9. The molecule has 0 aliphatic heterocycles. The zero-order chi connectivity index (χ0) is 28.1. The van der Waals surface area contributed by atoms with Crippen LogP contribution in [0.25, 0.3) is 0 Å². The SMILES string of the molecule is CC[NH+](C[NH2+]S(=O)(=O)Cc1ccc(O)c(N)c1)C(C=N)=C(O[I-]C1(C)CC1)C(=O)Nc1cc(F)cc(F)c1. The van der Waals surface area contributed by atoms with Gasteiger partial charge in [0.2, 0.25) is 0 Å². The van der Waals surface area contributed by atoms with Crippen molar-refractivity contribution in [2.24, 2.45) is 0 Å².